The predicted octanol–water partition coefficient (Wildman–Crippen LogP) is 3.37. The summed E-state index contributed by atoms with van der Waals surface area (Å²) >= 11 is 0. The van der Waals surface area contributed by atoms with E-state index in [1.165, 1.54) is 12.8 Å². The van der Waals surface area contributed by atoms with Crippen LogP contribution >= 0.6 is 0 Å². The van der Waals surface area contributed by atoms with Gasteiger partial charge in [-0.2, -0.15) is 9.59 Å². The highest BCUT2D eigenvalue weighted by Gasteiger charge is 2.10. The quantitative estimate of drug-likeness (QED) is 0.807. The summed E-state index contributed by atoms with van der Waals surface area (Å²) in [6, 6.07) is 0. The Kier molecular flexibility index (Phi) is 21.5. The lowest BCUT2D eigenvalue weighted by Gasteiger charge is -2.02. The Morgan fingerprint density at radius 2 is 1.29 bits per heavy atom. The van der Waals surface area contributed by atoms with Gasteiger partial charge in [0, 0.05) is 0 Å². The summed E-state index contributed by atoms with van der Waals surface area (Å²) in [5, 5.41) is 8.37. The molecule has 0 aliphatic carbocycles. The van der Waals surface area contributed by atoms with Crippen molar-refractivity contribution >= 4 is 12.1 Å². The SMILES string of the molecule is CCC(C)CC.CCC(CC)C(=O)O.O=C=O. The number of aliphatic carboxylic acids is 1. The van der Waals surface area contributed by atoms with E-state index in [1.807, 2.05) is 13.8 Å². The Bertz CT molecular complexity index is 188. The Labute approximate surface area is 104 Å². The number of carbonyl (C=O) groups is 1. The predicted molar refractivity (Wildman–Crippen MR) is 66.5 cm³/mol. The topological polar surface area (TPSA) is 71.4 Å². The van der Waals surface area contributed by atoms with Crippen molar-refractivity contribution in [2.45, 2.75) is 60.3 Å². The number of carboxylic acid groups (broad SMARTS) is 1. The van der Waals surface area contributed by atoms with Crippen LogP contribution in [-0.4, -0.2) is 17.2 Å². The Balaban J connectivity index is -0.000000193. The van der Waals surface area contributed by atoms with E-state index >= 15 is 0 Å². The number of carboxylic acids is 1. The smallest absolute Gasteiger partial charge is 0.373 e. The molecule has 0 amide bonds. The van der Waals surface area contributed by atoms with E-state index in [-0.39, 0.29) is 12.1 Å². The standard InChI is InChI=1S/C6H12O2.C6H14.CO2/c1-3-5(4-2)6(7)8;1-4-6(3)5-2;2-1-3/h5H,3-4H2,1-2H3,(H,7,8);6H,4-5H2,1-3H3;. The number of hydrogen-bond acceptors (Lipinski definition) is 3. The minimum Gasteiger partial charge on any atom is -0.481 e. The molecule has 0 aliphatic heterocycles. The molecule has 4 nitrogen and oxygen atoms in total. The molecule has 0 aliphatic rings. The second kappa shape index (κ2) is 17.3. The summed E-state index contributed by atoms with van der Waals surface area (Å²) < 4.78 is 0. The van der Waals surface area contributed by atoms with Crippen LogP contribution in [-0.2, 0) is 14.4 Å². The minimum atomic E-state index is -0.671. The monoisotopic (exact) mass is 246 g/mol. The van der Waals surface area contributed by atoms with Crippen molar-refractivity contribution in [3.8, 4) is 0 Å². The highest BCUT2D eigenvalue weighted by Crippen LogP contribution is 2.05. The molecule has 0 aromatic carbocycles. The first-order valence-electron chi connectivity index (χ1n) is 6.16. The molecule has 4 heteroatoms. The minimum absolute atomic E-state index is 0.130. The van der Waals surface area contributed by atoms with Gasteiger partial charge in [-0.15, -0.1) is 0 Å². The molecule has 0 fully saturated rings. The fourth-order valence-corrected chi connectivity index (χ4v) is 0.927. The van der Waals surface area contributed by atoms with Crippen LogP contribution in [0, 0.1) is 11.8 Å². The fourth-order valence-electron chi connectivity index (χ4n) is 0.927. The normalized spacial score (nSPS) is 8.65. The third-order valence-electron chi connectivity index (χ3n) is 2.73. The van der Waals surface area contributed by atoms with Crippen molar-refractivity contribution in [1.29, 1.82) is 0 Å². The molecule has 0 spiro atoms. The molecule has 0 heterocycles. The van der Waals surface area contributed by atoms with Crippen LogP contribution in [0.1, 0.15) is 60.3 Å². The molecule has 0 saturated heterocycles. The molecule has 1 N–H and O–H groups in total. The summed E-state index contributed by atoms with van der Waals surface area (Å²) in [5.41, 5.74) is 0. The molecule has 0 aromatic rings. The van der Waals surface area contributed by atoms with Gasteiger partial charge in [-0.25, -0.2) is 0 Å². The summed E-state index contributed by atoms with van der Waals surface area (Å²) in [6.45, 7) is 10.5. The highest BCUT2D eigenvalue weighted by atomic mass is 16.4. The van der Waals surface area contributed by atoms with Crippen LogP contribution in [0.15, 0.2) is 0 Å². The largest absolute Gasteiger partial charge is 0.481 e. The maximum absolute atomic E-state index is 10.2. The van der Waals surface area contributed by atoms with Crippen LogP contribution in [0.4, 0.5) is 0 Å². The second-order valence-electron chi connectivity index (χ2n) is 3.86. The van der Waals surface area contributed by atoms with Crippen LogP contribution < -0.4 is 0 Å². The summed E-state index contributed by atoms with van der Waals surface area (Å²) in [4.78, 5) is 26.4. The van der Waals surface area contributed by atoms with Crippen molar-refractivity contribution < 1.29 is 19.5 Å². The molecule has 17 heavy (non-hydrogen) atoms. The lowest BCUT2D eigenvalue weighted by molar-refractivity contribution is -0.191. The van der Waals surface area contributed by atoms with Crippen LogP contribution in [0.25, 0.3) is 0 Å². The van der Waals surface area contributed by atoms with Crippen LogP contribution in [0.5, 0.6) is 0 Å². The molecular weight excluding hydrogens is 220 g/mol. The van der Waals surface area contributed by atoms with E-state index in [4.69, 9.17) is 14.7 Å². The van der Waals surface area contributed by atoms with Crippen molar-refractivity contribution in [2.75, 3.05) is 0 Å². The van der Waals surface area contributed by atoms with E-state index in [0.717, 1.165) is 18.8 Å². The van der Waals surface area contributed by atoms with Crippen LogP contribution in [0.3, 0.4) is 0 Å². The zero-order chi connectivity index (χ0) is 14.3. The number of hydrogen-bond donors (Lipinski definition) is 1. The average molecular weight is 246 g/mol. The molecule has 0 atom stereocenters. The highest BCUT2D eigenvalue weighted by molar-refractivity contribution is 5.69. The number of rotatable bonds is 5. The lowest BCUT2D eigenvalue weighted by Crippen LogP contribution is -2.10. The first-order valence-corrected chi connectivity index (χ1v) is 6.16. The Morgan fingerprint density at radius 1 is 1.00 bits per heavy atom. The summed E-state index contributed by atoms with van der Waals surface area (Å²) in [6.07, 6.45) is 4.39. The van der Waals surface area contributed by atoms with E-state index in [9.17, 15) is 4.79 Å². The van der Waals surface area contributed by atoms with Crippen LogP contribution in [0.2, 0.25) is 0 Å². The van der Waals surface area contributed by atoms with Gasteiger partial charge in [0.05, 0.1) is 5.92 Å². The second-order valence-corrected chi connectivity index (χ2v) is 3.86. The van der Waals surface area contributed by atoms with Crippen molar-refractivity contribution in [1.82, 2.24) is 0 Å². The van der Waals surface area contributed by atoms with Gasteiger partial charge in [-0.1, -0.05) is 47.5 Å². The molecule has 0 rings (SSSR count). The summed E-state index contributed by atoms with van der Waals surface area (Å²) in [5.74, 6) is 0.134. The number of carbonyl (C=O) groups excluding carboxylic acids is 2. The maximum atomic E-state index is 10.2. The maximum Gasteiger partial charge on any atom is 0.373 e. The van der Waals surface area contributed by atoms with Gasteiger partial charge in [0.25, 0.3) is 0 Å². The molecule has 0 radical (unpaired) electrons. The Hall–Kier alpha value is -1.15. The van der Waals surface area contributed by atoms with Gasteiger partial charge >= 0.3 is 12.1 Å². The van der Waals surface area contributed by atoms with Gasteiger partial charge in [-0.3, -0.25) is 4.79 Å². The third-order valence-corrected chi connectivity index (χ3v) is 2.73. The first-order chi connectivity index (χ1) is 7.94. The molecule has 0 bridgehead atoms. The van der Waals surface area contributed by atoms with Crippen molar-refractivity contribution in [3.05, 3.63) is 0 Å². The van der Waals surface area contributed by atoms with Crippen molar-refractivity contribution in [2.24, 2.45) is 11.8 Å². The van der Waals surface area contributed by atoms with Gasteiger partial charge in [0.2, 0.25) is 0 Å². The molecule has 0 saturated carbocycles. The first kappa shape index (κ1) is 21.2. The molecule has 0 unspecified atom stereocenters. The van der Waals surface area contributed by atoms with E-state index in [0.29, 0.717) is 0 Å². The van der Waals surface area contributed by atoms with Gasteiger partial charge in [0.1, 0.15) is 0 Å². The molecule has 0 aromatic heterocycles. The van der Waals surface area contributed by atoms with Gasteiger partial charge in [0.15, 0.2) is 0 Å². The van der Waals surface area contributed by atoms with Crippen molar-refractivity contribution in [3.63, 3.8) is 0 Å². The Morgan fingerprint density at radius 3 is 1.29 bits per heavy atom. The summed E-state index contributed by atoms with van der Waals surface area (Å²) in [7, 11) is 0. The van der Waals surface area contributed by atoms with E-state index in [2.05, 4.69) is 20.8 Å². The van der Waals surface area contributed by atoms with E-state index < -0.39 is 5.97 Å². The van der Waals surface area contributed by atoms with Gasteiger partial charge in [-0.05, 0) is 18.8 Å². The zero-order valence-corrected chi connectivity index (χ0v) is 11.7. The third kappa shape index (κ3) is 20.8. The lowest BCUT2D eigenvalue weighted by atomic mass is 10.1. The zero-order valence-electron chi connectivity index (χ0n) is 11.7. The molecule has 102 valence electrons. The van der Waals surface area contributed by atoms with Gasteiger partial charge < -0.3 is 5.11 Å². The fraction of sp³-hybridized carbons (Fsp3) is 0.846. The average Bonchev–Trinajstić information content (AvgIpc) is 2.31. The molecular formula is C13H26O4. The van der Waals surface area contributed by atoms with E-state index in [1.54, 1.807) is 0 Å².